The van der Waals surface area contributed by atoms with Crippen molar-refractivity contribution in [2.75, 3.05) is 26.2 Å². The largest absolute Gasteiger partial charge is 0.491 e. The third-order valence-corrected chi connectivity index (χ3v) is 3.66. The van der Waals surface area contributed by atoms with E-state index in [-0.39, 0.29) is 11.9 Å². The highest BCUT2D eigenvalue weighted by molar-refractivity contribution is 5.31. The van der Waals surface area contributed by atoms with Crippen LogP contribution in [0, 0.1) is 5.82 Å². The molecule has 106 valence electrons. The predicted octanol–water partition coefficient (Wildman–Crippen LogP) is 2.71. The quantitative estimate of drug-likeness (QED) is 0.860. The number of hydrogen-bond donors (Lipinski definition) is 1. The number of nitrogens with zero attached hydrogens (tertiary/aromatic N) is 1. The zero-order valence-corrected chi connectivity index (χ0v) is 11.6. The fourth-order valence-corrected chi connectivity index (χ4v) is 2.77. The minimum atomic E-state index is -0.277. The van der Waals surface area contributed by atoms with Crippen molar-refractivity contribution in [2.45, 2.75) is 32.2 Å². The van der Waals surface area contributed by atoms with E-state index in [4.69, 9.17) is 10.5 Å². The van der Waals surface area contributed by atoms with Gasteiger partial charge >= 0.3 is 0 Å². The second-order valence-corrected chi connectivity index (χ2v) is 4.96. The number of nitrogens with two attached hydrogens (primary N) is 1. The van der Waals surface area contributed by atoms with E-state index >= 15 is 0 Å². The number of likely N-dealkylation sites (tertiary alicyclic amines) is 1. The summed E-state index contributed by atoms with van der Waals surface area (Å²) in [5, 5.41) is 0. The maximum Gasteiger partial charge on any atom is 0.165 e. The summed E-state index contributed by atoms with van der Waals surface area (Å²) in [4.78, 5) is 2.40. The predicted molar refractivity (Wildman–Crippen MR) is 74.8 cm³/mol. The first-order valence-corrected chi connectivity index (χ1v) is 7.12. The molecule has 1 heterocycles. The first-order chi connectivity index (χ1) is 9.26. The van der Waals surface area contributed by atoms with E-state index in [1.54, 1.807) is 12.1 Å². The first kappa shape index (κ1) is 14.3. The van der Waals surface area contributed by atoms with Gasteiger partial charge in [-0.1, -0.05) is 6.07 Å². The van der Waals surface area contributed by atoms with Crippen LogP contribution in [-0.4, -0.2) is 31.1 Å². The van der Waals surface area contributed by atoms with Crippen LogP contribution >= 0.6 is 0 Å². The van der Waals surface area contributed by atoms with Gasteiger partial charge in [-0.15, -0.1) is 0 Å². The zero-order valence-electron chi connectivity index (χ0n) is 11.6. The number of rotatable bonds is 6. The Balaban J connectivity index is 2.18. The van der Waals surface area contributed by atoms with Gasteiger partial charge in [-0.2, -0.15) is 0 Å². The Bertz CT molecular complexity index is 405. The van der Waals surface area contributed by atoms with Crippen LogP contribution in [0.4, 0.5) is 4.39 Å². The van der Waals surface area contributed by atoms with Crippen LogP contribution in [0.25, 0.3) is 0 Å². The van der Waals surface area contributed by atoms with E-state index in [1.807, 2.05) is 13.0 Å². The minimum Gasteiger partial charge on any atom is -0.491 e. The summed E-state index contributed by atoms with van der Waals surface area (Å²) >= 11 is 0. The monoisotopic (exact) mass is 266 g/mol. The molecule has 1 aliphatic rings. The lowest BCUT2D eigenvalue weighted by Gasteiger charge is -2.27. The molecule has 3 nitrogen and oxygen atoms in total. The first-order valence-electron chi connectivity index (χ1n) is 7.12. The normalized spacial score (nSPS) is 17.6. The molecule has 19 heavy (non-hydrogen) atoms. The lowest BCUT2D eigenvalue weighted by Crippen LogP contribution is -2.27. The molecule has 0 aromatic heterocycles. The van der Waals surface area contributed by atoms with Gasteiger partial charge in [0, 0.05) is 6.04 Å². The molecule has 0 saturated carbocycles. The highest BCUT2D eigenvalue weighted by Gasteiger charge is 2.23. The van der Waals surface area contributed by atoms with E-state index in [9.17, 15) is 4.39 Å². The summed E-state index contributed by atoms with van der Waals surface area (Å²) in [6, 6.07) is 5.53. The molecule has 1 unspecified atom stereocenters. The van der Waals surface area contributed by atoms with Crippen LogP contribution in [0.15, 0.2) is 18.2 Å². The Morgan fingerprint density at radius 1 is 1.37 bits per heavy atom. The lowest BCUT2D eigenvalue weighted by molar-refractivity contribution is 0.235. The van der Waals surface area contributed by atoms with Crippen LogP contribution in [-0.2, 0) is 0 Å². The van der Waals surface area contributed by atoms with Gasteiger partial charge in [-0.25, -0.2) is 4.39 Å². The summed E-state index contributed by atoms with van der Waals surface area (Å²) < 4.78 is 19.2. The molecule has 2 N–H and O–H groups in total. The van der Waals surface area contributed by atoms with Gasteiger partial charge in [-0.3, -0.25) is 4.90 Å². The van der Waals surface area contributed by atoms with Gasteiger partial charge in [-0.05, 0) is 63.5 Å². The third-order valence-electron chi connectivity index (χ3n) is 3.66. The number of ether oxygens (including phenoxy) is 1. The standard InChI is InChI=1S/C15H23FN2O/c1-2-19-15-6-5-12(11-13(15)16)14(7-8-17)18-9-3-4-10-18/h5-6,11,14H,2-4,7-10,17H2,1H3. The number of hydrogen-bond acceptors (Lipinski definition) is 3. The second kappa shape index (κ2) is 6.87. The molecule has 0 amide bonds. The van der Waals surface area contributed by atoms with Gasteiger partial charge < -0.3 is 10.5 Å². The third kappa shape index (κ3) is 3.45. The smallest absolute Gasteiger partial charge is 0.165 e. The molecule has 1 saturated heterocycles. The van der Waals surface area contributed by atoms with Crippen LogP contribution in [0.2, 0.25) is 0 Å². The summed E-state index contributed by atoms with van der Waals surface area (Å²) in [6.07, 6.45) is 3.31. The van der Waals surface area contributed by atoms with Crippen molar-refractivity contribution in [1.82, 2.24) is 4.90 Å². The van der Waals surface area contributed by atoms with Crippen molar-refractivity contribution in [2.24, 2.45) is 5.73 Å². The molecule has 4 heteroatoms. The Hall–Kier alpha value is -1.13. The van der Waals surface area contributed by atoms with Crippen molar-refractivity contribution in [3.63, 3.8) is 0 Å². The Kier molecular flexibility index (Phi) is 5.16. The fraction of sp³-hybridized carbons (Fsp3) is 0.600. The summed E-state index contributed by atoms with van der Waals surface area (Å²) in [5.74, 6) is 0.0553. The average Bonchev–Trinajstić information content (AvgIpc) is 2.92. The van der Waals surface area contributed by atoms with E-state index in [1.165, 1.54) is 12.8 Å². The SMILES string of the molecule is CCOc1ccc(C(CCN)N2CCCC2)cc1F. The minimum absolute atomic E-state index is 0.234. The molecule has 1 aromatic carbocycles. The Morgan fingerprint density at radius 2 is 2.11 bits per heavy atom. The molecular formula is C15H23FN2O. The topological polar surface area (TPSA) is 38.5 Å². The van der Waals surface area contributed by atoms with Crippen molar-refractivity contribution >= 4 is 0 Å². The van der Waals surface area contributed by atoms with Crippen LogP contribution < -0.4 is 10.5 Å². The van der Waals surface area contributed by atoms with E-state index in [2.05, 4.69) is 4.90 Å². The van der Waals surface area contributed by atoms with Crippen molar-refractivity contribution in [3.05, 3.63) is 29.6 Å². The van der Waals surface area contributed by atoms with Crippen LogP contribution in [0.1, 0.15) is 37.8 Å². The lowest BCUT2D eigenvalue weighted by atomic mass is 10.0. The van der Waals surface area contributed by atoms with E-state index in [0.717, 1.165) is 25.1 Å². The van der Waals surface area contributed by atoms with Crippen molar-refractivity contribution in [3.8, 4) is 5.75 Å². The molecule has 1 aromatic rings. The molecule has 0 spiro atoms. The molecule has 0 bridgehead atoms. The van der Waals surface area contributed by atoms with E-state index in [0.29, 0.717) is 18.9 Å². The van der Waals surface area contributed by atoms with Crippen LogP contribution in [0.5, 0.6) is 5.75 Å². The van der Waals surface area contributed by atoms with Crippen molar-refractivity contribution < 1.29 is 9.13 Å². The van der Waals surface area contributed by atoms with Crippen LogP contribution in [0.3, 0.4) is 0 Å². The summed E-state index contributed by atoms with van der Waals surface area (Å²) in [7, 11) is 0. The molecule has 1 atom stereocenters. The number of benzene rings is 1. The maximum absolute atomic E-state index is 13.9. The van der Waals surface area contributed by atoms with E-state index < -0.39 is 0 Å². The average molecular weight is 266 g/mol. The van der Waals surface area contributed by atoms with Gasteiger partial charge in [0.05, 0.1) is 6.61 Å². The zero-order chi connectivity index (χ0) is 13.7. The fourth-order valence-electron chi connectivity index (χ4n) is 2.77. The molecule has 0 radical (unpaired) electrons. The molecule has 2 rings (SSSR count). The molecular weight excluding hydrogens is 243 g/mol. The molecule has 0 aliphatic carbocycles. The number of halogens is 1. The molecule has 1 fully saturated rings. The van der Waals surface area contributed by atoms with Gasteiger partial charge in [0.25, 0.3) is 0 Å². The Morgan fingerprint density at radius 3 is 2.68 bits per heavy atom. The molecule has 1 aliphatic heterocycles. The highest BCUT2D eigenvalue weighted by Crippen LogP contribution is 2.30. The summed E-state index contributed by atoms with van der Waals surface area (Å²) in [5.41, 5.74) is 6.71. The van der Waals surface area contributed by atoms with Gasteiger partial charge in [0.15, 0.2) is 11.6 Å². The second-order valence-electron chi connectivity index (χ2n) is 4.96. The maximum atomic E-state index is 13.9. The van der Waals surface area contributed by atoms with Gasteiger partial charge in [0.1, 0.15) is 0 Å². The van der Waals surface area contributed by atoms with Gasteiger partial charge in [0.2, 0.25) is 0 Å². The van der Waals surface area contributed by atoms with Crippen molar-refractivity contribution in [1.29, 1.82) is 0 Å². The summed E-state index contributed by atoms with van der Waals surface area (Å²) in [6.45, 7) is 5.12. The highest BCUT2D eigenvalue weighted by atomic mass is 19.1. The Labute approximate surface area is 114 Å².